The fourth-order valence-electron chi connectivity index (χ4n) is 4.64. The van der Waals surface area contributed by atoms with Gasteiger partial charge in [-0.15, -0.1) is 0 Å². The average Bonchev–Trinajstić information content (AvgIpc) is 3.05. The lowest BCUT2D eigenvalue weighted by Gasteiger charge is -2.23. The molecular formula is C33H54N10. The highest BCUT2D eigenvalue weighted by Crippen LogP contribution is 1.96. The molecule has 3 rings (SSSR count). The molecule has 3 aromatic heterocycles. The molecule has 0 bridgehead atoms. The fourth-order valence-corrected chi connectivity index (χ4v) is 4.64. The van der Waals surface area contributed by atoms with Gasteiger partial charge in [0.2, 0.25) is 0 Å². The van der Waals surface area contributed by atoms with Crippen molar-refractivity contribution in [2.45, 2.75) is 38.9 Å². The lowest BCUT2D eigenvalue weighted by molar-refractivity contribution is 0.271. The van der Waals surface area contributed by atoms with Crippen molar-refractivity contribution in [3.8, 4) is 0 Å². The first-order chi connectivity index (χ1) is 21.4. The van der Waals surface area contributed by atoms with E-state index in [0.717, 1.165) is 117 Å². The molecule has 0 saturated heterocycles. The SMILES string of the molecule is c1cncc(CNCCCNCCN(CCNCCCNCc2cccnc2)CCNCCCNCc2cccnc2)c1. The summed E-state index contributed by atoms with van der Waals surface area (Å²) in [7, 11) is 0. The van der Waals surface area contributed by atoms with E-state index in [1.54, 1.807) is 0 Å². The van der Waals surface area contributed by atoms with Crippen LogP contribution in [0.2, 0.25) is 0 Å². The van der Waals surface area contributed by atoms with Gasteiger partial charge in [-0.2, -0.15) is 0 Å². The minimum absolute atomic E-state index is 0.878. The highest BCUT2D eigenvalue weighted by molar-refractivity contribution is 5.09. The predicted molar refractivity (Wildman–Crippen MR) is 177 cm³/mol. The second-order valence-electron chi connectivity index (χ2n) is 10.8. The number of nitrogens with zero attached hydrogens (tertiary/aromatic N) is 4. The van der Waals surface area contributed by atoms with E-state index in [4.69, 9.17) is 0 Å². The monoisotopic (exact) mass is 590 g/mol. The second-order valence-corrected chi connectivity index (χ2v) is 10.8. The quantitative estimate of drug-likeness (QED) is 0.0735. The molecule has 43 heavy (non-hydrogen) atoms. The summed E-state index contributed by atoms with van der Waals surface area (Å²) in [6.45, 7) is 15.0. The molecule has 0 aliphatic rings. The van der Waals surface area contributed by atoms with Crippen LogP contribution in [-0.2, 0) is 19.6 Å². The summed E-state index contributed by atoms with van der Waals surface area (Å²) in [5.74, 6) is 0. The van der Waals surface area contributed by atoms with Gasteiger partial charge in [-0.05, 0) is 93.4 Å². The minimum Gasteiger partial charge on any atom is -0.315 e. The maximum atomic E-state index is 4.17. The number of pyridine rings is 3. The predicted octanol–water partition coefficient (Wildman–Crippen LogP) is 1.78. The number of rotatable bonds is 27. The smallest absolute Gasteiger partial charge is 0.0312 e. The Bertz CT molecular complexity index is 878. The Morgan fingerprint density at radius 3 is 1.05 bits per heavy atom. The van der Waals surface area contributed by atoms with E-state index in [9.17, 15) is 0 Å². The zero-order chi connectivity index (χ0) is 29.9. The summed E-state index contributed by atoms with van der Waals surface area (Å²) in [4.78, 5) is 15.1. The van der Waals surface area contributed by atoms with Crippen LogP contribution in [0.4, 0.5) is 0 Å². The van der Waals surface area contributed by atoms with Gasteiger partial charge in [0.05, 0.1) is 0 Å². The van der Waals surface area contributed by atoms with E-state index in [-0.39, 0.29) is 0 Å². The first-order valence-corrected chi connectivity index (χ1v) is 16.0. The van der Waals surface area contributed by atoms with Gasteiger partial charge in [0, 0.05) is 96.1 Å². The van der Waals surface area contributed by atoms with E-state index in [1.807, 2.05) is 55.4 Å². The molecule has 0 aliphatic heterocycles. The number of aromatic nitrogens is 3. The van der Waals surface area contributed by atoms with Gasteiger partial charge in [0.1, 0.15) is 0 Å². The molecular weight excluding hydrogens is 536 g/mol. The number of hydrogen-bond acceptors (Lipinski definition) is 10. The van der Waals surface area contributed by atoms with Gasteiger partial charge < -0.3 is 31.9 Å². The minimum atomic E-state index is 0.878. The molecule has 0 aliphatic carbocycles. The van der Waals surface area contributed by atoms with Crippen LogP contribution in [0.15, 0.2) is 73.6 Å². The molecule has 0 aromatic carbocycles. The summed E-state index contributed by atoms with van der Waals surface area (Å²) in [5, 5.41) is 21.4. The molecule has 3 aromatic rings. The molecule has 0 unspecified atom stereocenters. The summed E-state index contributed by atoms with van der Waals surface area (Å²) < 4.78 is 0. The third-order valence-electron chi connectivity index (χ3n) is 7.09. The van der Waals surface area contributed by atoms with Crippen LogP contribution in [0.3, 0.4) is 0 Å². The van der Waals surface area contributed by atoms with Crippen LogP contribution in [-0.4, -0.2) is 98.4 Å². The van der Waals surface area contributed by atoms with Gasteiger partial charge in [-0.3, -0.25) is 19.9 Å². The van der Waals surface area contributed by atoms with E-state index in [2.05, 4.69) is 70.0 Å². The summed E-state index contributed by atoms with van der Waals surface area (Å²) >= 11 is 0. The molecule has 3 heterocycles. The summed E-state index contributed by atoms with van der Waals surface area (Å²) in [6.07, 6.45) is 14.6. The topological polar surface area (TPSA) is 114 Å². The Morgan fingerprint density at radius 2 is 0.744 bits per heavy atom. The third kappa shape index (κ3) is 18.4. The molecule has 0 atom stereocenters. The van der Waals surface area contributed by atoms with Crippen LogP contribution < -0.4 is 31.9 Å². The normalized spacial score (nSPS) is 11.4. The fraction of sp³-hybridized carbons (Fsp3) is 0.545. The molecule has 6 N–H and O–H groups in total. The first kappa shape index (κ1) is 34.7. The van der Waals surface area contributed by atoms with Gasteiger partial charge >= 0.3 is 0 Å². The zero-order valence-electron chi connectivity index (χ0n) is 25.9. The van der Waals surface area contributed by atoms with Gasteiger partial charge in [-0.25, -0.2) is 0 Å². The van der Waals surface area contributed by atoms with Crippen molar-refractivity contribution in [1.82, 2.24) is 51.8 Å². The Hall–Kier alpha value is -2.83. The van der Waals surface area contributed by atoms with Gasteiger partial charge in [0.25, 0.3) is 0 Å². The van der Waals surface area contributed by atoms with Crippen LogP contribution in [0.25, 0.3) is 0 Å². The average molecular weight is 591 g/mol. The lowest BCUT2D eigenvalue weighted by Crippen LogP contribution is -2.41. The van der Waals surface area contributed by atoms with Crippen molar-refractivity contribution in [3.63, 3.8) is 0 Å². The molecule has 10 heteroatoms. The molecule has 0 spiro atoms. The van der Waals surface area contributed by atoms with Gasteiger partial charge in [0.15, 0.2) is 0 Å². The van der Waals surface area contributed by atoms with Crippen LogP contribution in [0.1, 0.15) is 36.0 Å². The van der Waals surface area contributed by atoms with Crippen molar-refractivity contribution >= 4 is 0 Å². The Balaban J connectivity index is 1.20. The van der Waals surface area contributed by atoms with Crippen molar-refractivity contribution in [1.29, 1.82) is 0 Å². The maximum absolute atomic E-state index is 4.17. The maximum Gasteiger partial charge on any atom is 0.0312 e. The molecule has 0 radical (unpaired) electrons. The van der Waals surface area contributed by atoms with Crippen molar-refractivity contribution < 1.29 is 0 Å². The van der Waals surface area contributed by atoms with Crippen molar-refractivity contribution in [3.05, 3.63) is 90.3 Å². The van der Waals surface area contributed by atoms with E-state index < -0.39 is 0 Å². The van der Waals surface area contributed by atoms with Crippen LogP contribution >= 0.6 is 0 Å². The Labute approximate surface area is 259 Å². The Morgan fingerprint density at radius 1 is 0.419 bits per heavy atom. The highest BCUT2D eigenvalue weighted by atomic mass is 15.2. The van der Waals surface area contributed by atoms with E-state index >= 15 is 0 Å². The molecule has 0 amide bonds. The standard InChI is InChI=1S/C33H54N10/c1-7-31(25-37-10-1)28-40-16-4-13-34-19-22-43(23-20-35-14-5-17-41-29-32-8-2-11-38-26-32)24-21-36-15-6-18-42-30-33-9-3-12-39-27-33/h1-3,7-12,25-27,34-36,40-42H,4-6,13-24,28-30H2. The molecule has 10 nitrogen and oxygen atoms in total. The van der Waals surface area contributed by atoms with Crippen LogP contribution in [0.5, 0.6) is 0 Å². The number of nitrogens with one attached hydrogen (secondary N) is 6. The molecule has 0 saturated carbocycles. The number of hydrogen-bond donors (Lipinski definition) is 6. The molecule has 236 valence electrons. The van der Waals surface area contributed by atoms with Gasteiger partial charge in [-0.1, -0.05) is 18.2 Å². The van der Waals surface area contributed by atoms with E-state index in [1.165, 1.54) is 16.7 Å². The highest BCUT2D eigenvalue weighted by Gasteiger charge is 2.04. The lowest BCUT2D eigenvalue weighted by atomic mass is 10.3. The molecule has 0 fully saturated rings. The zero-order valence-corrected chi connectivity index (χ0v) is 25.9. The summed E-state index contributed by atoms with van der Waals surface area (Å²) in [6, 6.07) is 12.3. The largest absolute Gasteiger partial charge is 0.315 e. The van der Waals surface area contributed by atoms with Crippen molar-refractivity contribution in [2.24, 2.45) is 0 Å². The van der Waals surface area contributed by atoms with Crippen molar-refractivity contribution in [2.75, 3.05) is 78.5 Å². The van der Waals surface area contributed by atoms with Crippen LogP contribution in [0, 0.1) is 0 Å². The summed E-state index contributed by atoms with van der Waals surface area (Å²) in [5.41, 5.74) is 3.70. The first-order valence-electron chi connectivity index (χ1n) is 16.0. The third-order valence-corrected chi connectivity index (χ3v) is 7.09. The second kappa shape index (κ2) is 24.6. The Kier molecular flexibility index (Phi) is 19.8. The van der Waals surface area contributed by atoms with E-state index in [0.29, 0.717) is 0 Å².